The zero-order valence-electron chi connectivity index (χ0n) is 25.7. The summed E-state index contributed by atoms with van der Waals surface area (Å²) >= 11 is 8.12. The molecule has 2 heterocycles. The molecule has 0 bridgehead atoms. The van der Waals surface area contributed by atoms with E-state index >= 15 is 0 Å². The summed E-state index contributed by atoms with van der Waals surface area (Å²) < 4.78 is 0. The average molecular weight is 577 g/mol. The fraction of sp³-hybridized carbons (Fsp3) is 0.636. The number of halogens is 1. The molecule has 1 fully saturated rings. The molecule has 0 aromatic heterocycles. The van der Waals surface area contributed by atoms with E-state index in [1.54, 1.807) is 0 Å². The third-order valence-corrected chi connectivity index (χ3v) is 8.26. The van der Waals surface area contributed by atoms with Crippen LogP contribution in [0.15, 0.2) is 47.4 Å². The first-order valence-corrected chi connectivity index (χ1v) is 16.3. The Balaban J connectivity index is 0.00000116. The molecule has 1 aromatic carbocycles. The molecule has 4 nitrogen and oxygen atoms in total. The van der Waals surface area contributed by atoms with Crippen LogP contribution in [0.3, 0.4) is 0 Å². The second kappa shape index (κ2) is 19.5. The highest BCUT2D eigenvalue weighted by atomic mass is 35.5. The SMILES string of the molecule is CC.CC(C)=O.CCCC(CCC)CC(=O)N1CCN(C(C2=CC=CCS2)c2ccc(Cl)cc2)CC1C(C)C. The van der Waals surface area contributed by atoms with Crippen LogP contribution in [0.4, 0.5) is 0 Å². The van der Waals surface area contributed by atoms with Gasteiger partial charge in [0.25, 0.3) is 0 Å². The maximum Gasteiger partial charge on any atom is 0.223 e. The first-order chi connectivity index (χ1) is 18.7. The number of piperazine rings is 1. The van der Waals surface area contributed by atoms with E-state index in [1.807, 2.05) is 37.7 Å². The molecule has 0 spiro atoms. The predicted octanol–water partition coefficient (Wildman–Crippen LogP) is 8.96. The molecule has 2 atom stereocenters. The molecule has 0 saturated carbocycles. The molecule has 1 amide bonds. The van der Waals surface area contributed by atoms with Crippen LogP contribution in [-0.2, 0) is 9.59 Å². The fourth-order valence-electron chi connectivity index (χ4n) is 5.26. The van der Waals surface area contributed by atoms with Crippen LogP contribution in [0, 0.1) is 11.8 Å². The Morgan fingerprint density at radius 2 is 1.62 bits per heavy atom. The number of benzene rings is 1. The quantitative estimate of drug-likeness (QED) is 0.279. The van der Waals surface area contributed by atoms with Crippen molar-refractivity contribution >= 4 is 35.1 Å². The first kappa shape index (κ1) is 35.5. The van der Waals surface area contributed by atoms with Crippen LogP contribution >= 0.6 is 23.4 Å². The number of allylic oxidation sites excluding steroid dienone is 2. The van der Waals surface area contributed by atoms with E-state index in [2.05, 4.69) is 67.9 Å². The summed E-state index contributed by atoms with van der Waals surface area (Å²) in [5, 5.41) is 0.770. The van der Waals surface area contributed by atoms with Crippen LogP contribution in [0.25, 0.3) is 0 Å². The highest BCUT2D eigenvalue weighted by Gasteiger charge is 2.37. The van der Waals surface area contributed by atoms with Gasteiger partial charge in [-0.3, -0.25) is 9.69 Å². The Hall–Kier alpha value is -1.56. The number of hydrogen-bond donors (Lipinski definition) is 0. The zero-order chi connectivity index (χ0) is 29.4. The Kier molecular flexibility index (Phi) is 17.7. The van der Waals surface area contributed by atoms with E-state index in [1.165, 1.54) is 24.3 Å². The van der Waals surface area contributed by atoms with E-state index in [9.17, 15) is 9.59 Å². The van der Waals surface area contributed by atoms with Gasteiger partial charge in [-0.1, -0.05) is 109 Å². The maximum absolute atomic E-state index is 13.4. The molecule has 39 heavy (non-hydrogen) atoms. The molecule has 6 heteroatoms. The summed E-state index contributed by atoms with van der Waals surface area (Å²) in [6.45, 7) is 18.7. The van der Waals surface area contributed by atoms with Crippen molar-refractivity contribution in [1.82, 2.24) is 9.80 Å². The lowest BCUT2D eigenvalue weighted by Crippen LogP contribution is -2.58. The summed E-state index contributed by atoms with van der Waals surface area (Å²) in [5.74, 6) is 2.48. The molecule has 2 unspecified atom stereocenters. The van der Waals surface area contributed by atoms with Crippen LogP contribution in [0.5, 0.6) is 0 Å². The van der Waals surface area contributed by atoms with Gasteiger partial charge >= 0.3 is 0 Å². The number of rotatable bonds is 10. The second-order valence-corrected chi connectivity index (χ2v) is 12.2. The van der Waals surface area contributed by atoms with Crippen molar-refractivity contribution in [3.8, 4) is 0 Å². The van der Waals surface area contributed by atoms with Gasteiger partial charge in [0, 0.05) is 47.8 Å². The third-order valence-electron chi connectivity index (χ3n) is 6.96. The molecule has 220 valence electrons. The lowest BCUT2D eigenvalue weighted by Gasteiger charge is -2.47. The monoisotopic (exact) mass is 576 g/mol. The average Bonchev–Trinajstić information content (AvgIpc) is 2.91. The molecular formula is C33H53ClN2O2S. The summed E-state index contributed by atoms with van der Waals surface area (Å²) in [5.41, 5.74) is 1.28. The Labute approximate surface area is 248 Å². The van der Waals surface area contributed by atoms with Gasteiger partial charge in [0.05, 0.1) is 6.04 Å². The number of hydrogen-bond acceptors (Lipinski definition) is 4. The van der Waals surface area contributed by atoms with Gasteiger partial charge in [0.2, 0.25) is 5.91 Å². The summed E-state index contributed by atoms with van der Waals surface area (Å²) in [4.78, 5) is 29.1. The fourth-order valence-corrected chi connectivity index (χ4v) is 6.40. The van der Waals surface area contributed by atoms with Crippen LogP contribution in [-0.4, -0.2) is 52.9 Å². The Morgan fingerprint density at radius 3 is 2.10 bits per heavy atom. The number of nitrogens with zero attached hydrogens (tertiary/aromatic N) is 2. The largest absolute Gasteiger partial charge is 0.337 e. The van der Waals surface area contributed by atoms with Crippen LogP contribution in [0.2, 0.25) is 5.02 Å². The van der Waals surface area contributed by atoms with E-state index < -0.39 is 0 Å². The van der Waals surface area contributed by atoms with Crippen molar-refractivity contribution in [2.75, 3.05) is 25.4 Å². The summed E-state index contributed by atoms with van der Waals surface area (Å²) in [7, 11) is 0. The number of ketones is 1. The number of thioether (sulfide) groups is 1. The summed E-state index contributed by atoms with van der Waals surface area (Å²) in [6, 6.07) is 8.77. The molecular weight excluding hydrogens is 524 g/mol. The van der Waals surface area contributed by atoms with E-state index in [-0.39, 0.29) is 17.9 Å². The predicted molar refractivity (Wildman–Crippen MR) is 171 cm³/mol. The minimum absolute atomic E-state index is 0.167. The Bertz CT molecular complexity index is 903. The van der Waals surface area contributed by atoms with E-state index in [4.69, 9.17) is 11.6 Å². The number of Topliss-reactive ketones (excluding diaryl/α,β-unsaturated/α-hetero) is 1. The minimum atomic E-state index is 0.167. The normalized spacial score (nSPS) is 18.1. The van der Waals surface area contributed by atoms with Crippen molar-refractivity contribution in [2.45, 2.75) is 99.6 Å². The highest BCUT2D eigenvalue weighted by molar-refractivity contribution is 8.03. The van der Waals surface area contributed by atoms with Crippen molar-refractivity contribution in [3.05, 3.63) is 58.0 Å². The van der Waals surface area contributed by atoms with Gasteiger partial charge in [0.15, 0.2) is 0 Å². The maximum atomic E-state index is 13.4. The van der Waals surface area contributed by atoms with Gasteiger partial charge in [-0.2, -0.15) is 0 Å². The molecule has 3 rings (SSSR count). The molecule has 1 aromatic rings. The lowest BCUT2D eigenvalue weighted by atomic mass is 9.92. The standard InChI is InChI=1S/C28H41ClN2OS.C3H6O.C2H6/c1-5-9-22(10-6-2)19-27(32)31-17-16-30(20-25(31)21(3)4)28(26-11-7-8-18-33-26)23-12-14-24(29)15-13-23;1-3(2)4;1-2/h7-8,11-15,21-22,25,28H,5-6,9-10,16-20H2,1-4H3;1-2H3;1-2H3. The van der Waals surface area contributed by atoms with Crippen molar-refractivity contribution in [1.29, 1.82) is 0 Å². The Morgan fingerprint density at radius 1 is 1.03 bits per heavy atom. The van der Waals surface area contributed by atoms with Crippen LogP contribution in [0.1, 0.15) is 99.1 Å². The van der Waals surface area contributed by atoms with Crippen molar-refractivity contribution in [3.63, 3.8) is 0 Å². The minimum Gasteiger partial charge on any atom is -0.337 e. The molecule has 0 radical (unpaired) electrons. The smallest absolute Gasteiger partial charge is 0.223 e. The second-order valence-electron chi connectivity index (χ2n) is 10.7. The van der Waals surface area contributed by atoms with Crippen LogP contribution < -0.4 is 0 Å². The lowest BCUT2D eigenvalue weighted by molar-refractivity contribution is -0.139. The van der Waals surface area contributed by atoms with Gasteiger partial charge in [-0.15, -0.1) is 11.8 Å². The number of carbonyl (C=O) groups is 2. The topological polar surface area (TPSA) is 40.6 Å². The van der Waals surface area contributed by atoms with Gasteiger partial charge in [-0.25, -0.2) is 0 Å². The van der Waals surface area contributed by atoms with Gasteiger partial charge in [-0.05, 0) is 43.4 Å². The number of amides is 1. The van der Waals surface area contributed by atoms with E-state index in [0.29, 0.717) is 24.2 Å². The van der Waals surface area contributed by atoms with Gasteiger partial charge < -0.3 is 9.69 Å². The highest BCUT2D eigenvalue weighted by Crippen LogP contribution is 2.39. The van der Waals surface area contributed by atoms with Crippen molar-refractivity contribution < 1.29 is 9.59 Å². The number of carbonyl (C=O) groups excluding carboxylic acids is 2. The molecule has 1 saturated heterocycles. The molecule has 2 aliphatic rings. The third kappa shape index (κ3) is 12.2. The molecule has 2 aliphatic heterocycles. The molecule has 0 N–H and O–H groups in total. The zero-order valence-corrected chi connectivity index (χ0v) is 27.3. The van der Waals surface area contributed by atoms with Gasteiger partial charge in [0.1, 0.15) is 5.78 Å². The van der Waals surface area contributed by atoms with E-state index in [0.717, 1.165) is 56.1 Å². The van der Waals surface area contributed by atoms with Crippen molar-refractivity contribution in [2.24, 2.45) is 11.8 Å². The molecule has 0 aliphatic carbocycles. The first-order valence-electron chi connectivity index (χ1n) is 14.9. The summed E-state index contributed by atoms with van der Waals surface area (Å²) in [6.07, 6.45) is 12.0.